The lowest BCUT2D eigenvalue weighted by atomic mass is 9.58. The number of aliphatic carboxylic acids is 1. The summed E-state index contributed by atoms with van der Waals surface area (Å²) in [7, 11) is 0. The van der Waals surface area contributed by atoms with Crippen molar-refractivity contribution >= 4 is 5.97 Å². The summed E-state index contributed by atoms with van der Waals surface area (Å²) in [4.78, 5) is 10.8. The molecule has 2 saturated heterocycles. The molecule has 138 valence electrons. The molecule has 2 aliphatic heterocycles. The predicted molar refractivity (Wildman–Crippen MR) is 82.7 cm³/mol. The number of carboxylic acids is 1. The first-order valence-corrected chi connectivity index (χ1v) is 8.76. The quantitative estimate of drug-likeness (QED) is 0.709. The first-order valence-electron chi connectivity index (χ1n) is 8.76. The van der Waals surface area contributed by atoms with Crippen molar-refractivity contribution in [1.82, 2.24) is 0 Å². The van der Waals surface area contributed by atoms with Crippen LogP contribution >= 0.6 is 0 Å². The van der Waals surface area contributed by atoms with Crippen LogP contribution in [0.15, 0.2) is 0 Å². The van der Waals surface area contributed by atoms with Crippen molar-refractivity contribution in [3.05, 3.63) is 0 Å². The summed E-state index contributed by atoms with van der Waals surface area (Å²) < 4.78 is 17.0. The highest BCUT2D eigenvalue weighted by Crippen LogP contribution is 2.55. The van der Waals surface area contributed by atoms with Crippen LogP contribution < -0.4 is 0 Å². The van der Waals surface area contributed by atoms with Crippen LogP contribution in [0.25, 0.3) is 0 Å². The summed E-state index contributed by atoms with van der Waals surface area (Å²) in [6.07, 6.45) is 1.05. The first-order chi connectivity index (χ1) is 11.1. The Bertz CT molecular complexity index is 493. The Morgan fingerprint density at radius 3 is 2.58 bits per heavy atom. The van der Waals surface area contributed by atoms with Crippen molar-refractivity contribution in [2.24, 2.45) is 23.7 Å². The number of carbonyl (C=O) groups is 1. The molecule has 24 heavy (non-hydrogen) atoms. The van der Waals surface area contributed by atoms with Crippen molar-refractivity contribution in [3.63, 3.8) is 0 Å². The van der Waals surface area contributed by atoms with E-state index >= 15 is 0 Å². The molecule has 3 N–H and O–H groups in total. The van der Waals surface area contributed by atoms with Gasteiger partial charge >= 0.3 is 5.97 Å². The maximum atomic E-state index is 11.6. The highest BCUT2D eigenvalue weighted by molar-refractivity contribution is 5.68. The van der Waals surface area contributed by atoms with E-state index in [0.717, 1.165) is 12.8 Å². The van der Waals surface area contributed by atoms with Crippen LogP contribution in [0.3, 0.4) is 0 Å². The Hall–Kier alpha value is -0.730. The molecule has 7 nitrogen and oxygen atoms in total. The van der Waals surface area contributed by atoms with Crippen LogP contribution in [-0.4, -0.2) is 51.9 Å². The van der Waals surface area contributed by atoms with Gasteiger partial charge in [-0.05, 0) is 38.0 Å². The molecule has 0 bridgehead atoms. The lowest BCUT2D eigenvalue weighted by Gasteiger charge is -2.57. The molecule has 2 heterocycles. The average molecular weight is 344 g/mol. The molecule has 0 aromatic rings. The number of carboxylic acid groups (broad SMARTS) is 1. The molecule has 1 saturated carbocycles. The fourth-order valence-electron chi connectivity index (χ4n) is 4.88. The number of ether oxygens (including phenoxy) is 3. The Kier molecular flexibility index (Phi) is 4.68. The minimum Gasteiger partial charge on any atom is -0.480 e. The van der Waals surface area contributed by atoms with Crippen molar-refractivity contribution in [1.29, 1.82) is 0 Å². The molecule has 0 radical (unpaired) electrons. The Labute approximate surface area is 141 Å². The third-order valence-electron chi connectivity index (χ3n) is 6.16. The van der Waals surface area contributed by atoms with E-state index in [9.17, 15) is 15.0 Å². The van der Waals surface area contributed by atoms with Crippen LogP contribution in [-0.2, 0) is 19.0 Å². The van der Waals surface area contributed by atoms with Gasteiger partial charge in [0.25, 0.3) is 0 Å². The maximum absolute atomic E-state index is 11.6. The maximum Gasteiger partial charge on any atom is 0.329 e. The fourth-order valence-corrected chi connectivity index (χ4v) is 4.88. The summed E-state index contributed by atoms with van der Waals surface area (Å²) >= 11 is 0. The highest BCUT2D eigenvalue weighted by Gasteiger charge is 2.63. The molecule has 3 aliphatic rings. The van der Waals surface area contributed by atoms with E-state index in [1.807, 2.05) is 6.92 Å². The summed E-state index contributed by atoms with van der Waals surface area (Å²) in [5, 5.41) is 30.9. The smallest absolute Gasteiger partial charge is 0.329 e. The fraction of sp³-hybridized carbons (Fsp3) is 0.941. The summed E-state index contributed by atoms with van der Waals surface area (Å²) in [5.74, 6) is -2.47. The normalized spacial score (nSPS) is 51.5. The zero-order chi connectivity index (χ0) is 17.7. The van der Waals surface area contributed by atoms with Crippen molar-refractivity contribution in [2.45, 2.75) is 70.4 Å². The van der Waals surface area contributed by atoms with Crippen LogP contribution in [0.4, 0.5) is 0 Å². The molecular formula is C17H28O7. The number of hydrogen-bond acceptors (Lipinski definition) is 6. The predicted octanol–water partition coefficient (Wildman–Crippen LogP) is 1.32. The van der Waals surface area contributed by atoms with E-state index in [4.69, 9.17) is 19.3 Å². The summed E-state index contributed by atoms with van der Waals surface area (Å²) in [6.45, 7) is 5.14. The van der Waals surface area contributed by atoms with Gasteiger partial charge in [0.2, 0.25) is 0 Å². The van der Waals surface area contributed by atoms with Gasteiger partial charge in [-0.1, -0.05) is 13.8 Å². The molecule has 0 amide bonds. The van der Waals surface area contributed by atoms with E-state index < -0.39 is 36.5 Å². The van der Waals surface area contributed by atoms with Crippen molar-refractivity contribution < 1.29 is 34.3 Å². The number of aliphatic hydroxyl groups is 2. The molecule has 3 fully saturated rings. The molecule has 1 aliphatic carbocycles. The van der Waals surface area contributed by atoms with Gasteiger partial charge in [0.15, 0.2) is 18.4 Å². The molecule has 7 heteroatoms. The van der Waals surface area contributed by atoms with Crippen LogP contribution in [0.1, 0.15) is 46.5 Å². The Balaban J connectivity index is 1.92. The lowest BCUT2D eigenvalue weighted by Crippen LogP contribution is -2.67. The second-order valence-corrected chi connectivity index (χ2v) is 7.89. The zero-order valence-corrected chi connectivity index (χ0v) is 14.5. The van der Waals surface area contributed by atoms with Crippen LogP contribution in [0.2, 0.25) is 0 Å². The second-order valence-electron chi connectivity index (χ2n) is 7.89. The molecular weight excluding hydrogens is 316 g/mol. The Morgan fingerprint density at radius 2 is 1.92 bits per heavy atom. The van der Waals surface area contributed by atoms with Gasteiger partial charge in [0.05, 0.1) is 0 Å². The molecule has 8 atom stereocenters. The minimum atomic E-state index is -1.39. The third kappa shape index (κ3) is 2.97. The molecule has 4 unspecified atom stereocenters. The first kappa shape index (κ1) is 18.1. The summed E-state index contributed by atoms with van der Waals surface area (Å²) in [6, 6.07) is 0. The highest BCUT2D eigenvalue weighted by atomic mass is 16.8. The molecule has 3 rings (SSSR count). The van der Waals surface area contributed by atoms with E-state index in [-0.39, 0.29) is 17.8 Å². The molecule has 0 aromatic carbocycles. The van der Waals surface area contributed by atoms with E-state index in [0.29, 0.717) is 18.8 Å². The van der Waals surface area contributed by atoms with Gasteiger partial charge in [-0.15, -0.1) is 0 Å². The van der Waals surface area contributed by atoms with Gasteiger partial charge in [-0.2, -0.15) is 0 Å². The SMILES string of the molecule is C[C@H]1C(OCC(=O)O)O[C@@H]2OC(C)(O)CCC3[C@H](C)CCC1[C@]32O. The standard InChI is InChI=1S/C17H28O7/c1-9-4-5-12-10(2)14(22-8-13(18)19)23-15-17(12,21)11(9)6-7-16(3,20)24-15/h9-12,14-15,20-21H,4-8H2,1-3H3,(H,18,19)/t9-,10-,11?,12?,14?,15-,16?,17-/m1/s1. The zero-order valence-electron chi connectivity index (χ0n) is 14.5. The monoisotopic (exact) mass is 344 g/mol. The molecule has 0 spiro atoms. The van der Waals surface area contributed by atoms with Crippen molar-refractivity contribution in [2.75, 3.05) is 6.61 Å². The number of rotatable bonds is 3. The topological polar surface area (TPSA) is 105 Å². The summed E-state index contributed by atoms with van der Waals surface area (Å²) in [5.41, 5.74) is -1.19. The average Bonchev–Trinajstić information content (AvgIpc) is 2.57. The molecule has 0 aromatic heterocycles. The van der Waals surface area contributed by atoms with Gasteiger partial charge < -0.3 is 29.5 Å². The van der Waals surface area contributed by atoms with Gasteiger partial charge in [0.1, 0.15) is 12.2 Å². The van der Waals surface area contributed by atoms with Crippen molar-refractivity contribution in [3.8, 4) is 0 Å². The van der Waals surface area contributed by atoms with E-state index in [1.165, 1.54) is 0 Å². The van der Waals surface area contributed by atoms with Crippen LogP contribution in [0.5, 0.6) is 0 Å². The number of hydrogen-bond donors (Lipinski definition) is 3. The van der Waals surface area contributed by atoms with Gasteiger partial charge in [-0.3, -0.25) is 0 Å². The third-order valence-corrected chi connectivity index (χ3v) is 6.16. The van der Waals surface area contributed by atoms with Gasteiger partial charge in [-0.25, -0.2) is 4.79 Å². The second kappa shape index (κ2) is 6.21. The Morgan fingerprint density at radius 1 is 1.21 bits per heavy atom. The van der Waals surface area contributed by atoms with E-state index in [2.05, 4.69) is 6.92 Å². The van der Waals surface area contributed by atoms with Crippen LogP contribution in [0, 0.1) is 23.7 Å². The minimum absolute atomic E-state index is 0.0295. The van der Waals surface area contributed by atoms with Gasteiger partial charge in [0, 0.05) is 18.3 Å². The largest absolute Gasteiger partial charge is 0.480 e. The lowest BCUT2D eigenvalue weighted by molar-refractivity contribution is -0.407. The van der Waals surface area contributed by atoms with E-state index in [1.54, 1.807) is 6.92 Å².